The predicted molar refractivity (Wildman–Crippen MR) is 93.7 cm³/mol. The third-order valence-corrected chi connectivity index (χ3v) is 6.28. The van der Waals surface area contributed by atoms with E-state index < -0.39 is 0 Å². The van der Waals surface area contributed by atoms with Gasteiger partial charge in [0.05, 0.1) is 0 Å². The van der Waals surface area contributed by atoms with Gasteiger partial charge in [-0.05, 0) is 50.2 Å². The van der Waals surface area contributed by atoms with Crippen molar-refractivity contribution in [2.45, 2.75) is 41.7 Å². The number of likely N-dealkylation sites (tertiary alicyclic amines) is 1. The number of amides is 2. The standard InChI is InChI=1S/C18H26N2O2S/c21-12-8-15-5-4-11-20(13-15)17(22)19-14-18(9-10-18)23-16-6-2-1-3-7-16/h1-3,6-7,15,21H,4-5,8-14H2,(H,19,22). The van der Waals surface area contributed by atoms with E-state index in [0.29, 0.717) is 5.92 Å². The van der Waals surface area contributed by atoms with Crippen LogP contribution in [0, 0.1) is 5.92 Å². The molecule has 1 saturated heterocycles. The number of hydrogen-bond donors (Lipinski definition) is 2. The molecule has 3 rings (SSSR count). The zero-order valence-electron chi connectivity index (χ0n) is 13.5. The molecule has 126 valence electrons. The molecule has 0 bridgehead atoms. The summed E-state index contributed by atoms with van der Waals surface area (Å²) in [5.74, 6) is 0.452. The maximum Gasteiger partial charge on any atom is 0.317 e. The third kappa shape index (κ3) is 4.64. The van der Waals surface area contributed by atoms with Crippen LogP contribution in [0.15, 0.2) is 35.2 Å². The second-order valence-electron chi connectivity index (χ2n) is 6.72. The number of carbonyl (C=O) groups excluding carboxylic acids is 1. The fraction of sp³-hybridized carbons (Fsp3) is 0.611. The van der Waals surface area contributed by atoms with Crippen molar-refractivity contribution >= 4 is 17.8 Å². The number of thioether (sulfide) groups is 1. The van der Waals surface area contributed by atoms with Gasteiger partial charge in [0, 0.05) is 35.9 Å². The van der Waals surface area contributed by atoms with E-state index in [-0.39, 0.29) is 17.4 Å². The van der Waals surface area contributed by atoms with E-state index in [4.69, 9.17) is 5.11 Å². The van der Waals surface area contributed by atoms with Crippen molar-refractivity contribution in [3.05, 3.63) is 30.3 Å². The van der Waals surface area contributed by atoms with Crippen molar-refractivity contribution in [3.8, 4) is 0 Å². The minimum absolute atomic E-state index is 0.0626. The van der Waals surface area contributed by atoms with Crippen LogP contribution >= 0.6 is 11.8 Å². The Bertz CT molecular complexity index is 517. The fourth-order valence-corrected chi connectivity index (χ4v) is 4.45. The van der Waals surface area contributed by atoms with Gasteiger partial charge in [0.15, 0.2) is 0 Å². The maximum atomic E-state index is 12.4. The molecule has 1 atom stereocenters. The van der Waals surface area contributed by atoms with Crippen molar-refractivity contribution in [1.29, 1.82) is 0 Å². The lowest BCUT2D eigenvalue weighted by Crippen LogP contribution is -2.47. The topological polar surface area (TPSA) is 52.6 Å². The van der Waals surface area contributed by atoms with Crippen LogP contribution in [0.4, 0.5) is 4.79 Å². The van der Waals surface area contributed by atoms with Gasteiger partial charge >= 0.3 is 6.03 Å². The van der Waals surface area contributed by atoms with Crippen LogP contribution in [0.2, 0.25) is 0 Å². The molecule has 0 spiro atoms. The van der Waals surface area contributed by atoms with Crippen molar-refractivity contribution in [2.24, 2.45) is 5.92 Å². The zero-order valence-corrected chi connectivity index (χ0v) is 14.4. The van der Waals surface area contributed by atoms with Crippen LogP contribution in [-0.2, 0) is 0 Å². The second kappa shape index (κ2) is 7.58. The molecule has 1 aliphatic heterocycles. The smallest absolute Gasteiger partial charge is 0.317 e. The number of nitrogens with one attached hydrogen (secondary N) is 1. The van der Waals surface area contributed by atoms with Gasteiger partial charge in [-0.2, -0.15) is 0 Å². The maximum absolute atomic E-state index is 12.4. The van der Waals surface area contributed by atoms with E-state index in [1.165, 1.54) is 17.7 Å². The van der Waals surface area contributed by atoms with Crippen molar-refractivity contribution in [2.75, 3.05) is 26.2 Å². The fourth-order valence-electron chi connectivity index (χ4n) is 3.21. The van der Waals surface area contributed by atoms with E-state index in [1.807, 2.05) is 22.7 Å². The molecule has 1 aliphatic carbocycles. The first-order chi connectivity index (χ1) is 11.2. The van der Waals surface area contributed by atoms with Crippen molar-refractivity contribution in [3.63, 3.8) is 0 Å². The number of aliphatic hydroxyl groups is 1. The quantitative estimate of drug-likeness (QED) is 0.840. The lowest BCUT2D eigenvalue weighted by molar-refractivity contribution is 0.150. The van der Waals surface area contributed by atoms with Crippen LogP contribution in [0.25, 0.3) is 0 Å². The van der Waals surface area contributed by atoms with Gasteiger partial charge in [-0.3, -0.25) is 0 Å². The normalized spacial score (nSPS) is 22.7. The number of aliphatic hydroxyl groups excluding tert-OH is 1. The number of piperidine rings is 1. The number of urea groups is 1. The minimum Gasteiger partial charge on any atom is -0.396 e. The van der Waals surface area contributed by atoms with Gasteiger partial charge in [0.1, 0.15) is 0 Å². The van der Waals surface area contributed by atoms with Crippen LogP contribution in [-0.4, -0.2) is 47.0 Å². The highest BCUT2D eigenvalue weighted by Gasteiger charge is 2.44. The molecule has 2 N–H and O–H groups in total. The second-order valence-corrected chi connectivity index (χ2v) is 8.26. The average Bonchev–Trinajstić information content (AvgIpc) is 3.34. The predicted octanol–water partition coefficient (Wildman–Crippen LogP) is 3.12. The molecular weight excluding hydrogens is 308 g/mol. The molecule has 4 nitrogen and oxygen atoms in total. The number of carbonyl (C=O) groups is 1. The summed E-state index contributed by atoms with van der Waals surface area (Å²) < 4.78 is 0.192. The van der Waals surface area contributed by atoms with E-state index in [0.717, 1.165) is 38.9 Å². The molecule has 0 aromatic heterocycles. The van der Waals surface area contributed by atoms with Crippen LogP contribution in [0.5, 0.6) is 0 Å². The summed E-state index contributed by atoms with van der Waals surface area (Å²) in [5.41, 5.74) is 0. The molecule has 1 aromatic carbocycles. The molecule has 23 heavy (non-hydrogen) atoms. The highest BCUT2D eigenvalue weighted by molar-refractivity contribution is 8.01. The summed E-state index contributed by atoms with van der Waals surface area (Å²) in [6, 6.07) is 10.5. The number of hydrogen-bond acceptors (Lipinski definition) is 3. The van der Waals surface area contributed by atoms with E-state index in [1.54, 1.807) is 0 Å². The van der Waals surface area contributed by atoms with E-state index in [2.05, 4.69) is 29.6 Å². The Hall–Kier alpha value is -1.20. The first-order valence-electron chi connectivity index (χ1n) is 8.58. The average molecular weight is 334 g/mol. The summed E-state index contributed by atoms with van der Waals surface area (Å²) in [6.45, 7) is 2.58. The Morgan fingerprint density at radius 3 is 2.83 bits per heavy atom. The molecule has 1 aromatic rings. The van der Waals surface area contributed by atoms with Gasteiger partial charge < -0.3 is 15.3 Å². The zero-order chi connectivity index (χ0) is 16.1. The molecule has 2 amide bonds. The Morgan fingerprint density at radius 1 is 1.35 bits per heavy atom. The lowest BCUT2D eigenvalue weighted by atomic mass is 9.95. The number of benzene rings is 1. The minimum atomic E-state index is 0.0626. The summed E-state index contributed by atoms with van der Waals surface area (Å²) in [4.78, 5) is 15.6. The molecule has 1 heterocycles. The van der Waals surface area contributed by atoms with Crippen molar-refractivity contribution in [1.82, 2.24) is 10.2 Å². The van der Waals surface area contributed by atoms with Crippen LogP contribution < -0.4 is 5.32 Å². The Kier molecular flexibility index (Phi) is 5.49. The molecule has 5 heteroatoms. The Balaban J connectivity index is 1.47. The molecule has 1 unspecified atom stereocenters. The van der Waals surface area contributed by atoms with Crippen molar-refractivity contribution < 1.29 is 9.90 Å². The SMILES string of the molecule is O=C(NCC1(Sc2ccccc2)CC1)N1CCCC(CCO)C1. The molecular formula is C18H26N2O2S. The number of rotatable bonds is 6. The molecule has 2 fully saturated rings. The largest absolute Gasteiger partial charge is 0.396 e. The highest BCUT2D eigenvalue weighted by Crippen LogP contribution is 2.51. The third-order valence-electron chi connectivity index (χ3n) is 4.79. The van der Waals surface area contributed by atoms with Crippen LogP contribution in [0.3, 0.4) is 0 Å². The van der Waals surface area contributed by atoms with E-state index in [9.17, 15) is 4.79 Å². The first kappa shape index (κ1) is 16.7. The number of nitrogens with zero attached hydrogens (tertiary/aromatic N) is 1. The van der Waals surface area contributed by atoms with Gasteiger partial charge in [-0.1, -0.05) is 18.2 Å². The molecule has 2 aliphatic rings. The first-order valence-corrected chi connectivity index (χ1v) is 9.40. The highest BCUT2D eigenvalue weighted by atomic mass is 32.2. The summed E-state index contributed by atoms with van der Waals surface area (Å²) >= 11 is 1.89. The van der Waals surface area contributed by atoms with Gasteiger partial charge in [-0.15, -0.1) is 11.8 Å². The summed E-state index contributed by atoms with van der Waals surface area (Å²) in [5, 5.41) is 12.2. The summed E-state index contributed by atoms with van der Waals surface area (Å²) in [6.07, 6.45) is 5.30. The van der Waals surface area contributed by atoms with E-state index >= 15 is 0 Å². The van der Waals surface area contributed by atoms with Gasteiger partial charge in [0.25, 0.3) is 0 Å². The molecule has 0 radical (unpaired) electrons. The molecule has 1 saturated carbocycles. The van der Waals surface area contributed by atoms with Crippen LogP contribution in [0.1, 0.15) is 32.1 Å². The van der Waals surface area contributed by atoms with Gasteiger partial charge in [-0.25, -0.2) is 4.79 Å². The monoisotopic (exact) mass is 334 g/mol. The van der Waals surface area contributed by atoms with Gasteiger partial charge in [0.2, 0.25) is 0 Å². The Labute approximate surface area is 142 Å². The summed E-state index contributed by atoms with van der Waals surface area (Å²) in [7, 11) is 0. The Morgan fingerprint density at radius 2 is 2.13 bits per heavy atom. The lowest BCUT2D eigenvalue weighted by Gasteiger charge is -2.33.